The Bertz CT molecular complexity index is 544. The second-order valence-electron chi connectivity index (χ2n) is 9.66. The third-order valence-corrected chi connectivity index (χ3v) is 7.55. The SMILES string of the molecule is CCCC1CCC(COc2ccc(OCCCC3CCCCC3CC)cc2)CC1. The second kappa shape index (κ2) is 12.5. The smallest absolute Gasteiger partial charge is 0.119 e. The molecule has 0 amide bonds. The van der Waals surface area contributed by atoms with Crippen molar-refractivity contribution in [3.63, 3.8) is 0 Å². The molecular weight excluding hydrogens is 356 g/mol. The van der Waals surface area contributed by atoms with Crippen LogP contribution < -0.4 is 9.47 Å². The molecule has 2 aliphatic carbocycles. The Morgan fingerprint density at radius 3 is 2.00 bits per heavy atom. The maximum Gasteiger partial charge on any atom is 0.119 e. The molecule has 164 valence electrons. The molecule has 0 spiro atoms. The van der Waals surface area contributed by atoms with Gasteiger partial charge in [-0.2, -0.15) is 0 Å². The van der Waals surface area contributed by atoms with Crippen LogP contribution >= 0.6 is 0 Å². The standard InChI is InChI=1S/C27H44O2/c1-3-8-22-12-14-23(15-13-22)21-29-27-18-16-26(17-19-27)28-20-7-11-25-10-6-5-9-24(25)4-2/h16-19,22-25H,3-15,20-21H2,1-2H3. The first-order valence-electron chi connectivity index (χ1n) is 12.6. The van der Waals surface area contributed by atoms with E-state index >= 15 is 0 Å². The lowest BCUT2D eigenvalue weighted by Crippen LogP contribution is -2.20. The Hall–Kier alpha value is -1.18. The molecule has 0 N–H and O–H groups in total. The Morgan fingerprint density at radius 1 is 0.724 bits per heavy atom. The fourth-order valence-corrected chi connectivity index (χ4v) is 5.68. The van der Waals surface area contributed by atoms with Crippen LogP contribution in [-0.4, -0.2) is 13.2 Å². The van der Waals surface area contributed by atoms with Crippen molar-refractivity contribution in [2.45, 2.75) is 97.3 Å². The topological polar surface area (TPSA) is 18.5 Å². The third-order valence-electron chi connectivity index (χ3n) is 7.55. The highest BCUT2D eigenvalue weighted by atomic mass is 16.5. The largest absolute Gasteiger partial charge is 0.494 e. The van der Waals surface area contributed by atoms with E-state index in [1.165, 1.54) is 83.5 Å². The monoisotopic (exact) mass is 400 g/mol. The van der Waals surface area contributed by atoms with Crippen LogP contribution in [0, 0.1) is 23.7 Å². The lowest BCUT2D eigenvalue weighted by molar-refractivity contribution is 0.178. The summed E-state index contributed by atoms with van der Waals surface area (Å²) in [6.45, 7) is 6.38. The predicted octanol–water partition coefficient (Wildman–Crippen LogP) is 8.05. The number of hydrogen-bond acceptors (Lipinski definition) is 2. The van der Waals surface area contributed by atoms with E-state index in [0.29, 0.717) is 0 Å². The highest BCUT2D eigenvalue weighted by molar-refractivity contribution is 5.31. The minimum atomic E-state index is 0.741. The van der Waals surface area contributed by atoms with E-state index in [1.807, 2.05) is 0 Å². The Morgan fingerprint density at radius 2 is 1.34 bits per heavy atom. The molecule has 0 heterocycles. The molecule has 0 saturated heterocycles. The molecule has 0 aliphatic heterocycles. The molecule has 29 heavy (non-hydrogen) atoms. The minimum Gasteiger partial charge on any atom is -0.494 e. The van der Waals surface area contributed by atoms with Gasteiger partial charge < -0.3 is 9.47 Å². The molecule has 1 aromatic carbocycles. The van der Waals surface area contributed by atoms with Crippen LogP contribution in [0.1, 0.15) is 97.3 Å². The molecule has 2 aliphatic rings. The number of hydrogen-bond donors (Lipinski definition) is 0. The third kappa shape index (κ3) is 7.54. The van der Waals surface area contributed by atoms with Gasteiger partial charge in [0.1, 0.15) is 11.5 Å². The van der Waals surface area contributed by atoms with Gasteiger partial charge in [-0.3, -0.25) is 0 Å². The highest BCUT2D eigenvalue weighted by Crippen LogP contribution is 2.35. The fraction of sp³-hybridized carbons (Fsp3) is 0.778. The molecule has 0 aromatic heterocycles. The van der Waals surface area contributed by atoms with Crippen molar-refractivity contribution in [3.05, 3.63) is 24.3 Å². The van der Waals surface area contributed by atoms with Gasteiger partial charge in [-0.05, 0) is 73.6 Å². The van der Waals surface area contributed by atoms with Crippen molar-refractivity contribution in [2.75, 3.05) is 13.2 Å². The average molecular weight is 401 g/mol. The maximum atomic E-state index is 6.07. The summed E-state index contributed by atoms with van der Waals surface area (Å²) >= 11 is 0. The van der Waals surface area contributed by atoms with Crippen molar-refractivity contribution < 1.29 is 9.47 Å². The van der Waals surface area contributed by atoms with Crippen molar-refractivity contribution in [2.24, 2.45) is 23.7 Å². The molecule has 2 heteroatoms. The van der Waals surface area contributed by atoms with E-state index in [2.05, 4.69) is 38.1 Å². The quantitative estimate of drug-likeness (QED) is 0.350. The van der Waals surface area contributed by atoms with E-state index in [-0.39, 0.29) is 0 Å². The molecule has 2 saturated carbocycles. The average Bonchev–Trinajstić information content (AvgIpc) is 2.77. The first kappa shape index (κ1) is 22.5. The van der Waals surface area contributed by atoms with Crippen molar-refractivity contribution in [1.82, 2.24) is 0 Å². The summed E-state index contributed by atoms with van der Waals surface area (Å²) in [5.74, 6) is 5.57. The normalized spacial score (nSPS) is 27.5. The molecule has 1 aromatic rings. The molecule has 3 rings (SSSR count). The summed E-state index contributed by atoms with van der Waals surface area (Å²) in [6, 6.07) is 8.30. The lowest BCUT2D eigenvalue weighted by atomic mass is 9.76. The zero-order chi connectivity index (χ0) is 20.3. The van der Waals surface area contributed by atoms with Crippen LogP contribution in [0.5, 0.6) is 11.5 Å². The Labute approximate surface area is 179 Å². The summed E-state index contributed by atoms with van der Waals surface area (Å²) in [6.07, 6.45) is 17.8. The van der Waals surface area contributed by atoms with Crippen molar-refractivity contribution in [1.29, 1.82) is 0 Å². The van der Waals surface area contributed by atoms with Crippen LogP contribution in [0.4, 0.5) is 0 Å². The fourth-order valence-electron chi connectivity index (χ4n) is 5.68. The van der Waals surface area contributed by atoms with E-state index in [0.717, 1.165) is 48.4 Å². The van der Waals surface area contributed by atoms with Gasteiger partial charge in [-0.25, -0.2) is 0 Å². The summed E-state index contributed by atoms with van der Waals surface area (Å²) in [4.78, 5) is 0. The van der Waals surface area contributed by atoms with E-state index in [4.69, 9.17) is 9.47 Å². The van der Waals surface area contributed by atoms with Gasteiger partial charge in [0.2, 0.25) is 0 Å². The Balaban J connectivity index is 1.30. The van der Waals surface area contributed by atoms with Crippen molar-refractivity contribution >= 4 is 0 Å². The summed E-state index contributed by atoms with van der Waals surface area (Å²) in [5, 5.41) is 0. The zero-order valence-electron chi connectivity index (χ0n) is 19.0. The van der Waals surface area contributed by atoms with Crippen LogP contribution in [0.25, 0.3) is 0 Å². The predicted molar refractivity (Wildman–Crippen MR) is 123 cm³/mol. The number of rotatable bonds is 11. The molecular formula is C27H44O2. The van der Waals surface area contributed by atoms with Crippen LogP contribution in [0.3, 0.4) is 0 Å². The van der Waals surface area contributed by atoms with Gasteiger partial charge in [0.25, 0.3) is 0 Å². The molecule has 2 nitrogen and oxygen atoms in total. The van der Waals surface area contributed by atoms with E-state index in [9.17, 15) is 0 Å². The minimum absolute atomic E-state index is 0.741. The van der Waals surface area contributed by atoms with Crippen molar-refractivity contribution in [3.8, 4) is 11.5 Å². The van der Waals surface area contributed by atoms with Gasteiger partial charge >= 0.3 is 0 Å². The zero-order valence-corrected chi connectivity index (χ0v) is 19.0. The van der Waals surface area contributed by atoms with Gasteiger partial charge in [0.15, 0.2) is 0 Å². The molecule has 2 fully saturated rings. The highest BCUT2D eigenvalue weighted by Gasteiger charge is 2.23. The van der Waals surface area contributed by atoms with Gasteiger partial charge in [0, 0.05) is 0 Å². The van der Waals surface area contributed by atoms with Gasteiger partial charge in [0.05, 0.1) is 13.2 Å². The summed E-state index contributed by atoms with van der Waals surface area (Å²) in [7, 11) is 0. The van der Waals surface area contributed by atoms with Gasteiger partial charge in [-0.15, -0.1) is 0 Å². The van der Waals surface area contributed by atoms with Gasteiger partial charge in [-0.1, -0.05) is 71.6 Å². The maximum absolute atomic E-state index is 6.07. The number of benzene rings is 1. The lowest BCUT2D eigenvalue weighted by Gasteiger charge is -2.30. The van der Waals surface area contributed by atoms with Crippen LogP contribution in [0.15, 0.2) is 24.3 Å². The molecule has 2 atom stereocenters. The molecule has 0 bridgehead atoms. The molecule has 0 radical (unpaired) electrons. The van der Waals surface area contributed by atoms with E-state index < -0.39 is 0 Å². The summed E-state index contributed by atoms with van der Waals surface area (Å²) in [5.41, 5.74) is 0. The van der Waals surface area contributed by atoms with Crippen LogP contribution in [-0.2, 0) is 0 Å². The van der Waals surface area contributed by atoms with E-state index in [1.54, 1.807) is 0 Å². The second-order valence-corrected chi connectivity index (χ2v) is 9.66. The first-order chi connectivity index (χ1) is 14.3. The number of ether oxygens (including phenoxy) is 2. The summed E-state index contributed by atoms with van der Waals surface area (Å²) < 4.78 is 12.1. The first-order valence-corrected chi connectivity index (χ1v) is 12.6. The van der Waals surface area contributed by atoms with Crippen LogP contribution in [0.2, 0.25) is 0 Å². The molecule has 2 unspecified atom stereocenters. The Kier molecular flexibility index (Phi) is 9.70.